The maximum absolute atomic E-state index is 16.2. The molecule has 0 bridgehead atoms. The summed E-state index contributed by atoms with van der Waals surface area (Å²) in [5.41, 5.74) is -0.211. The third-order valence-corrected chi connectivity index (χ3v) is 13.3. The Morgan fingerprint density at radius 2 is 1.82 bits per heavy atom. The number of imidazole rings is 1. The lowest BCUT2D eigenvalue weighted by molar-refractivity contribution is -0.221. The van der Waals surface area contributed by atoms with Gasteiger partial charge in [0.1, 0.15) is 17.4 Å². The fourth-order valence-corrected chi connectivity index (χ4v) is 10.00. The van der Waals surface area contributed by atoms with Gasteiger partial charge in [0.05, 0.1) is 60.4 Å². The van der Waals surface area contributed by atoms with Gasteiger partial charge < -0.3 is 19.9 Å². The monoisotopic (exact) mass is 932 g/mol. The highest BCUT2D eigenvalue weighted by atomic mass is 19.4. The van der Waals surface area contributed by atoms with E-state index in [2.05, 4.69) is 25.8 Å². The standard InChI is InChI=1S/C42H47F7N12O5/c1-55(30-12-14-58(22-41(30,45)46)27-4-3-5-28-35(27)56(2)40(65)61(28)29-10-11-33(62)53-39(29)64)19-23-6-8-24(9-7-23)60-20-26(34(54-60)36(43)44)51-38(63)25-18-50-59-15-13-32(52-37(25)59)57-16-17-66-31(21-57)42(47,48)49/h3-5,13,15,18,20,23-24,29-31,36H,6-12,14,16-17,19,21-22H2,1-2H3,(H,51,63)(H,53,62,64)/t23?,24?,29?,30?,31-/m0/s1. The first-order valence-electron chi connectivity index (χ1n) is 21.7. The van der Waals surface area contributed by atoms with E-state index < -0.39 is 78.9 Å². The summed E-state index contributed by atoms with van der Waals surface area (Å²) in [6.07, 6.45) is -3.13. The molecule has 24 heteroatoms. The highest BCUT2D eigenvalue weighted by Gasteiger charge is 2.48. The Kier molecular flexibility index (Phi) is 11.8. The van der Waals surface area contributed by atoms with Crippen LogP contribution in [0.5, 0.6) is 0 Å². The van der Waals surface area contributed by atoms with E-state index in [1.54, 1.807) is 35.0 Å². The van der Waals surface area contributed by atoms with E-state index in [9.17, 15) is 41.1 Å². The summed E-state index contributed by atoms with van der Waals surface area (Å²) in [6.45, 7) is -0.541. The molecular formula is C42H47F7N12O5. The number of hydrogen-bond donors (Lipinski definition) is 2. The number of nitrogens with zero attached hydrogens (tertiary/aromatic N) is 10. The summed E-state index contributed by atoms with van der Waals surface area (Å²) in [4.78, 5) is 60.5. The maximum atomic E-state index is 16.2. The lowest BCUT2D eigenvalue weighted by atomic mass is 9.85. The zero-order valence-electron chi connectivity index (χ0n) is 35.9. The molecule has 2 N–H and O–H groups in total. The average molecular weight is 933 g/mol. The van der Waals surface area contributed by atoms with Gasteiger partial charge in [-0.25, -0.2) is 31.9 Å². The molecule has 3 saturated heterocycles. The molecule has 4 aliphatic rings. The zero-order chi connectivity index (χ0) is 46.8. The van der Waals surface area contributed by atoms with E-state index in [1.165, 1.54) is 54.9 Å². The number of anilines is 3. The molecule has 2 unspecified atom stereocenters. The van der Waals surface area contributed by atoms with Crippen molar-refractivity contribution in [2.24, 2.45) is 13.0 Å². The summed E-state index contributed by atoms with van der Waals surface area (Å²) >= 11 is 0. The number of halogens is 7. The van der Waals surface area contributed by atoms with Crippen LogP contribution < -0.4 is 26.1 Å². The fraction of sp³-hybridized carbons (Fsp3) is 0.548. The van der Waals surface area contributed by atoms with Gasteiger partial charge in [0.25, 0.3) is 18.3 Å². The van der Waals surface area contributed by atoms with E-state index in [0.717, 1.165) is 0 Å². The number of imide groups is 1. The topological polar surface area (TPSA) is 169 Å². The van der Waals surface area contributed by atoms with Gasteiger partial charge in [-0.3, -0.25) is 38.4 Å². The minimum atomic E-state index is -4.59. The molecule has 3 aliphatic heterocycles. The minimum Gasteiger partial charge on any atom is -0.365 e. The van der Waals surface area contributed by atoms with Gasteiger partial charge in [0.2, 0.25) is 11.8 Å². The summed E-state index contributed by atoms with van der Waals surface area (Å²) in [6, 6.07) is 4.15. The SMILES string of the molecule is CN(CC1CCC(n2cc(NC(=O)c3cnn4ccc(N5CCO[C@H](C(F)(F)F)C5)nc34)c(C(F)F)n2)CC1)C1CCN(c2cccc3c2n(C)c(=O)n3C2CCC(=O)NC2=O)CC1(F)F. The number of alkyl halides is 7. The highest BCUT2D eigenvalue weighted by molar-refractivity contribution is 6.08. The number of benzene rings is 1. The first-order valence-corrected chi connectivity index (χ1v) is 21.7. The molecule has 9 rings (SSSR count). The number of amides is 3. The summed E-state index contributed by atoms with van der Waals surface area (Å²) < 4.78 is 111. The molecule has 0 spiro atoms. The smallest absolute Gasteiger partial charge is 0.365 e. The molecule has 3 atom stereocenters. The molecule has 4 aromatic heterocycles. The predicted molar refractivity (Wildman–Crippen MR) is 224 cm³/mol. The number of carbonyl (C=O) groups is 3. The van der Waals surface area contributed by atoms with E-state index in [1.807, 2.05) is 0 Å². The van der Waals surface area contributed by atoms with Gasteiger partial charge in [-0.1, -0.05) is 6.07 Å². The highest BCUT2D eigenvalue weighted by Crippen LogP contribution is 2.40. The van der Waals surface area contributed by atoms with Gasteiger partial charge in [0.15, 0.2) is 17.4 Å². The second kappa shape index (κ2) is 17.3. The number of rotatable bonds is 10. The second-order valence-electron chi connectivity index (χ2n) is 17.5. The van der Waals surface area contributed by atoms with Crippen LogP contribution in [-0.2, 0) is 21.4 Å². The summed E-state index contributed by atoms with van der Waals surface area (Å²) in [5, 5.41) is 13.0. The van der Waals surface area contributed by atoms with Crippen molar-refractivity contribution in [1.82, 2.24) is 43.7 Å². The molecule has 0 radical (unpaired) electrons. The third-order valence-electron chi connectivity index (χ3n) is 13.3. The van der Waals surface area contributed by atoms with Crippen LogP contribution in [0.4, 0.5) is 47.9 Å². The van der Waals surface area contributed by atoms with Crippen molar-refractivity contribution < 1.29 is 49.9 Å². The van der Waals surface area contributed by atoms with E-state index in [4.69, 9.17) is 4.74 Å². The van der Waals surface area contributed by atoms with Crippen LogP contribution in [0.25, 0.3) is 16.7 Å². The molecule has 1 aliphatic carbocycles. The molecule has 4 fully saturated rings. The van der Waals surface area contributed by atoms with Crippen LogP contribution in [0.1, 0.15) is 79.5 Å². The fourth-order valence-electron chi connectivity index (χ4n) is 10.00. The van der Waals surface area contributed by atoms with Crippen molar-refractivity contribution in [3.63, 3.8) is 0 Å². The molecular weight excluding hydrogens is 886 g/mol. The van der Waals surface area contributed by atoms with E-state index in [-0.39, 0.29) is 73.6 Å². The Morgan fingerprint density at radius 1 is 1.05 bits per heavy atom. The number of piperidine rings is 2. The number of nitrogens with one attached hydrogen (secondary N) is 2. The first-order chi connectivity index (χ1) is 31.4. The Hall–Kier alpha value is -6.04. The molecule has 1 saturated carbocycles. The van der Waals surface area contributed by atoms with Gasteiger partial charge >= 0.3 is 11.9 Å². The lowest BCUT2D eigenvalue weighted by Gasteiger charge is -2.44. The normalized spacial score (nSPS) is 24.2. The molecule has 3 amide bonds. The number of morpholine rings is 1. The van der Waals surface area contributed by atoms with E-state index >= 15 is 8.78 Å². The average Bonchev–Trinajstić information content (AvgIpc) is 3.97. The molecule has 66 heavy (non-hydrogen) atoms. The van der Waals surface area contributed by atoms with Crippen LogP contribution in [0, 0.1) is 5.92 Å². The van der Waals surface area contributed by atoms with Crippen LogP contribution in [-0.4, -0.2) is 127 Å². The molecule has 1 aromatic carbocycles. The molecule has 354 valence electrons. The zero-order valence-corrected chi connectivity index (χ0v) is 35.9. The van der Waals surface area contributed by atoms with Crippen LogP contribution in [0.15, 0.2) is 47.7 Å². The molecule has 17 nitrogen and oxygen atoms in total. The van der Waals surface area contributed by atoms with Crippen LogP contribution in [0.3, 0.4) is 0 Å². The number of ether oxygens (including phenoxy) is 1. The van der Waals surface area contributed by atoms with Crippen molar-refractivity contribution >= 4 is 51.6 Å². The van der Waals surface area contributed by atoms with Crippen molar-refractivity contribution in [3.8, 4) is 0 Å². The Labute approximate surface area is 371 Å². The van der Waals surface area contributed by atoms with Gasteiger partial charge in [-0.15, -0.1) is 0 Å². The second-order valence-corrected chi connectivity index (χ2v) is 17.5. The minimum absolute atomic E-state index is 0.00242. The molecule has 5 aromatic rings. The van der Waals surface area contributed by atoms with Crippen molar-refractivity contribution in [2.45, 2.75) is 87.7 Å². The van der Waals surface area contributed by atoms with Crippen LogP contribution in [0.2, 0.25) is 0 Å². The summed E-state index contributed by atoms with van der Waals surface area (Å²) in [7, 11) is 3.20. The summed E-state index contributed by atoms with van der Waals surface area (Å²) in [5.74, 6) is -4.80. The maximum Gasteiger partial charge on any atom is 0.416 e. The Bertz CT molecular complexity index is 2720. The van der Waals surface area contributed by atoms with Crippen LogP contribution >= 0.6 is 0 Å². The Morgan fingerprint density at radius 3 is 2.53 bits per heavy atom. The Balaban J connectivity index is 0.824. The first kappa shape index (κ1) is 45.1. The molecule has 7 heterocycles. The van der Waals surface area contributed by atoms with Gasteiger partial charge in [0, 0.05) is 45.5 Å². The van der Waals surface area contributed by atoms with Crippen molar-refractivity contribution in [1.29, 1.82) is 0 Å². The number of aromatic nitrogens is 7. The van der Waals surface area contributed by atoms with Crippen molar-refractivity contribution in [2.75, 3.05) is 61.5 Å². The van der Waals surface area contributed by atoms with Gasteiger partial charge in [-0.05, 0) is 69.7 Å². The number of para-hydroxylation sites is 1. The van der Waals surface area contributed by atoms with Gasteiger partial charge in [-0.2, -0.15) is 23.4 Å². The lowest BCUT2D eigenvalue weighted by Crippen LogP contribution is -2.58. The predicted octanol–water partition coefficient (Wildman–Crippen LogP) is 5.09. The quantitative estimate of drug-likeness (QED) is 0.141. The number of aryl methyl sites for hydroxylation is 1. The third kappa shape index (κ3) is 8.47. The van der Waals surface area contributed by atoms with Crippen molar-refractivity contribution in [3.05, 3.63) is 64.6 Å². The number of fused-ring (bicyclic) bond motifs is 2. The van der Waals surface area contributed by atoms with E-state index in [0.29, 0.717) is 48.9 Å². The number of hydrogen-bond acceptors (Lipinski definition) is 11. The largest absolute Gasteiger partial charge is 0.416 e. The number of carbonyl (C=O) groups excluding carboxylic acids is 3.